The number of aliphatic hydroxyl groups excluding tert-OH is 1. The fraction of sp³-hybridized carbons (Fsp3) is 1.00. The molecule has 0 spiro atoms. The summed E-state index contributed by atoms with van der Waals surface area (Å²) < 4.78 is 0. The molecule has 3 nitrogen and oxygen atoms in total. The summed E-state index contributed by atoms with van der Waals surface area (Å²) >= 11 is 0. The lowest BCUT2D eigenvalue weighted by molar-refractivity contribution is 0.0133. The van der Waals surface area contributed by atoms with Crippen molar-refractivity contribution in [2.75, 3.05) is 33.3 Å². The third kappa shape index (κ3) is 2.66. The summed E-state index contributed by atoms with van der Waals surface area (Å²) in [5, 5.41) is 9.18. The lowest BCUT2D eigenvalue weighted by atomic mass is 10.0. The fourth-order valence-electron chi connectivity index (χ4n) is 1.75. The van der Waals surface area contributed by atoms with Crippen LogP contribution in [0.1, 0.15) is 20.8 Å². The molecule has 78 valence electrons. The second kappa shape index (κ2) is 3.95. The summed E-state index contributed by atoms with van der Waals surface area (Å²) in [6, 6.07) is 0.313. The largest absolute Gasteiger partial charge is 0.395 e. The SMILES string of the molecule is CN1CCN(C(C)(C)C)CC1CO. The maximum atomic E-state index is 9.18. The van der Waals surface area contributed by atoms with Crippen LogP contribution in [0.2, 0.25) is 0 Å². The maximum Gasteiger partial charge on any atom is 0.0599 e. The predicted octanol–water partition coefficient (Wildman–Crippen LogP) is 0.393. The Morgan fingerprint density at radius 2 is 1.92 bits per heavy atom. The molecule has 1 heterocycles. The topological polar surface area (TPSA) is 26.7 Å². The number of hydrogen-bond acceptors (Lipinski definition) is 3. The van der Waals surface area contributed by atoms with Crippen molar-refractivity contribution in [3.8, 4) is 0 Å². The van der Waals surface area contributed by atoms with Gasteiger partial charge in [0.05, 0.1) is 6.61 Å². The van der Waals surface area contributed by atoms with E-state index >= 15 is 0 Å². The second-order valence-electron chi connectivity index (χ2n) is 4.93. The number of likely N-dealkylation sites (N-methyl/N-ethyl adjacent to an activating group) is 1. The van der Waals surface area contributed by atoms with Gasteiger partial charge in [0.15, 0.2) is 0 Å². The van der Waals surface area contributed by atoms with E-state index < -0.39 is 0 Å². The van der Waals surface area contributed by atoms with Gasteiger partial charge in [0, 0.05) is 31.2 Å². The summed E-state index contributed by atoms with van der Waals surface area (Å²) in [5.41, 5.74) is 0.231. The van der Waals surface area contributed by atoms with E-state index in [9.17, 15) is 5.11 Å². The summed E-state index contributed by atoms with van der Waals surface area (Å²) in [5.74, 6) is 0. The van der Waals surface area contributed by atoms with Crippen LogP contribution in [0.5, 0.6) is 0 Å². The van der Waals surface area contributed by atoms with Crippen LogP contribution < -0.4 is 0 Å². The molecule has 0 bridgehead atoms. The molecule has 1 atom stereocenters. The van der Waals surface area contributed by atoms with Gasteiger partial charge in [-0.3, -0.25) is 9.80 Å². The molecule has 0 aromatic heterocycles. The van der Waals surface area contributed by atoms with Crippen molar-refractivity contribution in [3.63, 3.8) is 0 Å². The Kier molecular flexibility index (Phi) is 3.33. The van der Waals surface area contributed by atoms with Gasteiger partial charge in [-0.25, -0.2) is 0 Å². The normalized spacial score (nSPS) is 27.9. The van der Waals surface area contributed by atoms with Gasteiger partial charge in [0.2, 0.25) is 0 Å². The number of nitrogens with zero attached hydrogens (tertiary/aromatic N) is 2. The van der Waals surface area contributed by atoms with Crippen molar-refractivity contribution in [3.05, 3.63) is 0 Å². The van der Waals surface area contributed by atoms with E-state index in [2.05, 4.69) is 37.6 Å². The molecule has 1 unspecified atom stereocenters. The van der Waals surface area contributed by atoms with Gasteiger partial charge in [-0.05, 0) is 27.8 Å². The Bertz CT molecular complexity index is 165. The molecule has 1 fully saturated rings. The van der Waals surface area contributed by atoms with E-state index in [4.69, 9.17) is 0 Å². The summed E-state index contributed by atoms with van der Waals surface area (Å²) in [6.45, 7) is 10.1. The predicted molar refractivity (Wildman–Crippen MR) is 54.8 cm³/mol. The van der Waals surface area contributed by atoms with E-state index in [1.807, 2.05) is 0 Å². The highest BCUT2D eigenvalue weighted by atomic mass is 16.3. The Morgan fingerprint density at radius 1 is 1.31 bits per heavy atom. The Labute approximate surface area is 81.3 Å². The first-order chi connectivity index (χ1) is 5.95. The van der Waals surface area contributed by atoms with Crippen molar-refractivity contribution >= 4 is 0 Å². The smallest absolute Gasteiger partial charge is 0.0599 e. The molecule has 0 aliphatic carbocycles. The maximum absolute atomic E-state index is 9.18. The lowest BCUT2D eigenvalue weighted by Gasteiger charge is -2.45. The monoisotopic (exact) mass is 186 g/mol. The summed E-state index contributed by atoms with van der Waals surface area (Å²) in [4.78, 5) is 4.68. The molecule has 1 rings (SSSR count). The van der Waals surface area contributed by atoms with Crippen molar-refractivity contribution < 1.29 is 5.11 Å². The summed E-state index contributed by atoms with van der Waals surface area (Å²) in [6.07, 6.45) is 0. The zero-order valence-electron chi connectivity index (χ0n) is 9.25. The zero-order chi connectivity index (χ0) is 10.1. The minimum atomic E-state index is 0.231. The molecule has 1 aliphatic rings. The van der Waals surface area contributed by atoms with Crippen molar-refractivity contribution in [2.45, 2.75) is 32.4 Å². The molecule has 0 amide bonds. The van der Waals surface area contributed by atoms with E-state index in [1.54, 1.807) is 0 Å². The molecule has 0 aromatic rings. The number of rotatable bonds is 1. The van der Waals surface area contributed by atoms with Gasteiger partial charge in [-0.1, -0.05) is 0 Å². The molecule has 0 saturated carbocycles. The average molecular weight is 186 g/mol. The highest BCUT2D eigenvalue weighted by molar-refractivity contribution is 4.86. The van der Waals surface area contributed by atoms with Crippen molar-refractivity contribution in [1.29, 1.82) is 0 Å². The Balaban J connectivity index is 2.55. The molecule has 0 aromatic carbocycles. The van der Waals surface area contributed by atoms with Gasteiger partial charge < -0.3 is 5.11 Å². The Hall–Kier alpha value is -0.120. The van der Waals surface area contributed by atoms with Crippen molar-refractivity contribution in [2.24, 2.45) is 0 Å². The van der Waals surface area contributed by atoms with Gasteiger partial charge in [-0.15, -0.1) is 0 Å². The van der Waals surface area contributed by atoms with Crippen LogP contribution in [0, 0.1) is 0 Å². The first-order valence-corrected chi connectivity index (χ1v) is 5.01. The van der Waals surface area contributed by atoms with E-state index in [0.717, 1.165) is 19.6 Å². The lowest BCUT2D eigenvalue weighted by Crippen LogP contribution is -2.58. The van der Waals surface area contributed by atoms with Crippen molar-refractivity contribution in [1.82, 2.24) is 9.80 Å². The highest BCUT2D eigenvalue weighted by Crippen LogP contribution is 2.17. The van der Waals surface area contributed by atoms with Gasteiger partial charge in [0.1, 0.15) is 0 Å². The van der Waals surface area contributed by atoms with Crippen LogP contribution >= 0.6 is 0 Å². The van der Waals surface area contributed by atoms with Gasteiger partial charge >= 0.3 is 0 Å². The minimum Gasteiger partial charge on any atom is -0.395 e. The number of aliphatic hydroxyl groups is 1. The van der Waals surface area contributed by atoms with Crippen LogP contribution in [-0.2, 0) is 0 Å². The average Bonchev–Trinajstić information content (AvgIpc) is 2.03. The summed E-state index contributed by atoms with van der Waals surface area (Å²) in [7, 11) is 2.08. The molecule has 13 heavy (non-hydrogen) atoms. The highest BCUT2D eigenvalue weighted by Gasteiger charge is 2.29. The minimum absolute atomic E-state index is 0.231. The zero-order valence-corrected chi connectivity index (χ0v) is 9.25. The van der Waals surface area contributed by atoms with Gasteiger partial charge in [0.25, 0.3) is 0 Å². The molecule has 1 aliphatic heterocycles. The molecule has 3 heteroatoms. The fourth-order valence-corrected chi connectivity index (χ4v) is 1.75. The first kappa shape index (κ1) is 11.0. The van der Waals surface area contributed by atoms with E-state index in [1.165, 1.54) is 0 Å². The van der Waals surface area contributed by atoms with E-state index in [0.29, 0.717) is 6.04 Å². The molecular formula is C10H22N2O. The molecule has 1 saturated heterocycles. The van der Waals surface area contributed by atoms with Crippen LogP contribution in [0.4, 0.5) is 0 Å². The van der Waals surface area contributed by atoms with E-state index in [-0.39, 0.29) is 12.1 Å². The Morgan fingerprint density at radius 3 is 2.38 bits per heavy atom. The molecular weight excluding hydrogens is 164 g/mol. The quantitative estimate of drug-likeness (QED) is 0.642. The van der Waals surface area contributed by atoms with Gasteiger partial charge in [-0.2, -0.15) is 0 Å². The van der Waals surface area contributed by atoms with Crippen LogP contribution in [-0.4, -0.2) is 59.8 Å². The first-order valence-electron chi connectivity index (χ1n) is 5.01. The van der Waals surface area contributed by atoms with Crippen LogP contribution in [0.15, 0.2) is 0 Å². The third-order valence-electron chi connectivity index (χ3n) is 2.94. The van der Waals surface area contributed by atoms with Crippen LogP contribution in [0.25, 0.3) is 0 Å². The molecule has 0 radical (unpaired) electrons. The third-order valence-corrected chi connectivity index (χ3v) is 2.94. The van der Waals surface area contributed by atoms with Crippen LogP contribution in [0.3, 0.4) is 0 Å². The number of hydrogen-bond donors (Lipinski definition) is 1. The standard InChI is InChI=1S/C10H22N2O/c1-10(2,3)12-6-5-11(4)9(7-12)8-13/h9,13H,5-8H2,1-4H3. The molecule has 1 N–H and O–H groups in total. The number of piperazine rings is 1. The second-order valence-corrected chi connectivity index (χ2v) is 4.93.